The number of aromatic nitrogens is 1. The molecule has 1 aromatic heterocycles. The molecule has 4 nitrogen and oxygen atoms in total. The van der Waals surface area contributed by atoms with Gasteiger partial charge in [0.05, 0.1) is 11.8 Å². The molecular formula is C18H25N3O. The van der Waals surface area contributed by atoms with E-state index in [1.807, 2.05) is 50.5 Å². The molecule has 0 saturated heterocycles. The monoisotopic (exact) mass is 299 g/mol. The maximum absolute atomic E-state index is 6.03. The number of nitrogens with one attached hydrogen (secondary N) is 1. The van der Waals surface area contributed by atoms with Gasteiger partial charge in [-0.2, -0.15) is 0 Å². The molecule has 0 amide bonds. The molecule has 0 saturated carbocycles. The number of nitrogens with two attached hydrogens (primary N) is 1. The Kier molecular flexibility index (Phi) is 6.22. The van der Waals surface area contributed by atoms with Crippen molar-refractivity contribution >= 4 is 5.69 Å². The van der Waals surface area contributed by atoms with Crippen molar-refractivity contribution in [2.24, 2.45) is 0 Å². The van der Waals surface area contributed by atoms with Crippen LogP contribution in [-0.4, -0.2) is 17.6 Å². The number of ether oxygens (including phenoxy) is 1. The Balaban J connectivity index is 1.72. The molecule has 0 unspecified atom stereocenters. The highest BCUT2D eigenvalue weighted by Crippen LogP contribution is 2.24. The van der Waals surface area contributed by atoms with E-state index in [0.717, 1.165) is 37.4 Å². The highest BCUT2D eigenvalue weighted by atomic mass is 16.5. The van der Waals surface area contributed by atoms with E-state index in [0.29, 0.717) is 0 Å². The molecule has 2 rings (SSSR count). The summed E-state index contributed by atoms with van der Waals surface area (Å²) in [5.74, 6) is 0.773. The van der Waals surface area contributed by atoms with Crippen LogP contribution in [0.15, 0.2) is 42.7 Å². The van der Waals surface area contributed by atoms with Crippen LogP contribution in [0.5, 0.6) is 5.75 Å². The van der Waals surface area contributed by atoms with Crippen molar-refractivity contribution in [3.8, 4) is 5.75 Å². The third-order valence-corrected chi connectivity index (χ3v) is 3.33. The van der Waals surface area contributed by atoms with E-state index >= 15 is 0 Å². The first-order valence-corrected chi connectivity index (χ1v) is 7.80. The van der Waals surface area contributed by atoms with Crippen LogP contribution >= 0.6 is 0 Å². The summed E-state index contributed by atoms with van der Waals surface area (Å²) in [5, 5.41) is 3.44. The van der Waals surface area contributed by atoms with E-state index in [1.165, 1.54) is 11.1 Å². The Hall–Kier alpha value is -2.07. The lowest BCUT2D eigenvalue weighted by atomic mass is 10.1. The number of nitrogens with zero attached hydrogens (tertiary/aromatic N) is 1. The first kappa shape index (κ1) is 16.3. The van der Waals surface area contributed by atoms with Crippen LogP contribution in [0.3, 0.4) is 0 Å². The Labute approximate surface area is 132 Å². The van der Waals surface area contributed by atoms with E-state index in [1.54, 1.807) is 0 Å². The highest BCUT2D eigenvalue weighted by molar-refractivity contribution is 5.54. The van der Waals surface area contributed by atoms with E-state index < -0.39 is 0 Å². The van der Waals surface area contributed by atoms with Gasteiger partial charge in [-0.3, -0.25) is 4.98 Å². The second-order valence-corrected chi connectivity index (χ2v) is 5.67. The van der Waals surface area contributed by atoms with Crippen LogP contribution in [0.25, 0.3) is 0 Å². The third-order valence-electron chi connectivity index (χ3n) is 3.33. The Morgan fingerprint density at radius 3 is 2.59 bits per heavy atom. The highest BCUT2D eigenvalue weighted by Gasteiger charge is 2.04. The molecule has 2 aromatic rings. The molecule has 0 bridgehead atoms. The topological polar surface area (TPSA) is 60.2 Å². The lowest BCUT2D eigenvalue weighted by Crippen LogP contribution is -2.15. The van der Waals surface area contributed by atoms with Gasteiger partial charge < -0.3 is 15.8 Å². The predicted molar refractivity (Wildman–Crippen MR) is 90.9 cm³/mol. The number of benzene rings is 1. The molecule has 3 N–H and O–H groups in total. The largest absolute Gasteiger partial charge is 0.489 e. The van der Waals surface area contributed by atoms with Crippen LogP contribution in [0.1, 0.15) is 31.4 Å². The fraction of sp³-hybridized carbons (Fsp3) is 0.389. The van der Waals surface area contributed by atoms with E-state index in [2.05, 4.69) is 16.4 Å². The minimum atomic E-state index is 0.144. The molecule has 1 aromatic carbocycles. The lowest BCUT2D eigenvalue weighted by Gasteiger charge is -2.13. The zero-order chi connectivity index (χ0) is 15.8. The van der Waals surface area contributed by atoms with Crippen LogP contribution in [-0.2, 0) is 13.0 Å². The van der Waals surface area contributed by atoms with Gasteiger partial charge in [-0.25, -0.2) is 0 Å². The molecule has 4 heteroatoms. The zero-order valence-corrected chi connectivity index (χ0v) is 13.4. The van der Waals surface area contributed by atoms with Gasteiger partial charge in [-0.05, 0) is 68.6 Å². The average Bonchev–Trinajstić information content (AvgIpc) is 2.50. The van der Waals surface area contributed by atoms with Crippen LogP contribution in [0, 0.1) is 0 Å². The van der Waals surface area contributed by atoms with E-state index in [9.17, 15) is 0 Å². The number of aryl methyl sites for hydroxylation is 1. The first-order chi connectivity index (χ1) is 10.6. The molecule has 22 heavy (non-hydrogen) atoms. The molecule has 0 spiro atoms. The van der Waals surface area contributed by atoms with Gasteiger partial charge in [0.15, 0.2) is 0 Å². The van der Waals surface area contributed by atoms with Crippen molar-refractivity contribution in [3.05, 3.63) is 53.9 Å². The maximum Gasteiger partial charge on any atom is 0.142 e. The van der Waals surface area contributed by atoms with Gasteiger partial charge in [0.2, 0.25) is 0 Å². The molecule has 0 atom stereocenters. The number of pyridine rings is 1. The van der Waals surface area contributed by atoms with Gasteiger partial charge in [-0.1, -0.05) is 6.07 Å². The number of nitrogen functional groups attached to an aromatic ring is 1. The van der Waals surface area contributed by atoms with Crippen molar-refractivity contribution in [1.82, 2.24) is 10.3 Å². The fourth-order valence-electron chi connectivity index (χ4n) is 2.27. The van der Waals surface area contributed by atoms with Crippen molar-refractivity contribution in [1.29, 1.82) is 0 Å². The molecular weight excluding hydrogens is 274 g/mol. The molecule has 0 aliphatic carbocycles. The lowest BCUT2D eigenvalue weighted by molar-refractivity contribution is 0.244. The Morgan fingerprint density at radius 2 is 1.91 bits per heavy atom. The molecule has 0 radical (unpaired) electrons. The summed E-state index contributed by atoms with van der Waals surface area (Å²) in [6.07, 6.45) is 5.87. The summed E-state index contributed by atoms with van der Waals surface area (Å²) in [4.78, 5) is 4.01. The predicted octanol–water partition coefficient (Wildman–Crippen LogP) is 3.17. The van der Waals surface area contributed by atoms with Crippen molar-refractivity contribution in [2.45, 2.75) is 39.3 Å². The zero-order valence-electron chi connectivity index (χ0n) is 13.4. The van der Waals surface area contributed by atoms with Crippen LogP contribution in [0.2, 0.25) is 0 Å². The maximum atomic E-state index is 6.03. The van der Waals surface area contributed by atoms with Crippen LogP contribution in [0.4, 0.5) is 5.69 Å². The summed E-state index contributed by atoms with van der Waals surface area (Å²) in [6, 6.07) is 10.1. The molecule has 0 aliphatic heterocycles. The second-order valence-electron chi connectivity index (χ2n) is 5.67. The van der Waals surface area contributed by atoms with Crippen molar-refractivity contribution in [3.63, 3.8) is 0 Å². The number of rotatable bonds is 8. The molecule has 0 aliphatic rings. The average molecular weight is 299 g/mol. The summed E-state index contributed by atoms with van der Waals surface area (Å²) in [5.41, 5.74) is 9.26. The van der Waals surface area contributed by atoms with Gasteiger partial charge in [0, 0.05) is 18.9 Å². The fourth-order valence-corrected chi connectivity index (χ4v) is 2.27. The van der Waals surface area contributed by atoms with Gasteiger partial charge in [0.1, 0.15) is 5.75 Å². The van der Waals surface area contributed by atoms with Gasteiger partial charge in [-0.15, -0.1) is 0 Å². The van der Waals surface area contributed by atoms with E-state index in [-0.39, 0.29) is 6.10 Å². The summed E-state index contributed by atoms with van der Waals surface area (Å²) < 4.78 is 5.65. The van der Waals surface area contributed by atoms with Crippen LogP contribution < -0.4 is 15.8 Å². The minimum Gasteiger partial charge on any atom is -0.489 e. The number of anilines is 1. The standard InChI is InChI=1S/C18H25N3O/c1-14(2)22-18-6-5-15(12-17(18)19)4-3-9-21-13-16-7-10-20-11-8-16/h5-8,10-12,14,21H,3-4,9,13,19H2,1-2H3. The van der Waals surface area contributed by atoms with Crippen molar-refractivity contribution in [2.75, 3.05) is 12.3 Å². The van der Waals surface area contributed by atoms with Crippen molar-refractivity contribution < 1.29 is 4.74 Å². The third kappa shape index (κ3) is 5.37. The van der Waals surface area contributed by atoms with Gasteiger partial charge >= 0.3 is 0 Å². The second kappa shape index (κ2) is 8.39. The summed E-state index contributed by atoms with van der Waals surface area (Å²) in [6.45, 7) is 5.86. The molecule has 0 fully saturated rings. The Bertz CT molecular complexity index is 570. The normalized spacial score (nSPS) is 10.9. The van der Waals surface area contributed by atoms with E-state index in [4.69, 9.17) is 10.5 Å². The summed E-state index contributed by atoms with van der Waals surface area (Å²) >= 11 is 0. The van der Waals surface area contributed by atoms with Gasteiger partial charge in [0.25, 0.3) is 0 Å². The number of hydrogen-bond donors (Lipinski definition) is 2. The first-order valence-electron chi connectivity index (χ1n) is 7.80. The quantitative estimate of drug-likeness (QED) is 0.580. The smallest absolute Gasteiger partial charge is 0.142 e. The Morgan fingerprint density at radius 1 is 1.14 bits per heavy atom. The SMILES string of the molecule is CC(C)Oc1ccc(CCCNCc2ccncc2)cc1N. The molecule has 1 heterocycles. The molecule has 118 valence electrons. The summed E-state index contributed by atoms with van der Waals surface area (Å²) in [7, 11) is 0. The minimum absolute atomic E-state index is 0.144. The number of hydrogen-bond acceptors (Lipinski definition) is 4.